The van der Waals surface area contributed by atoms with Crippen LogP contribution in [0.4, 0.5) is 5.82 Å². The fraction of sp³-hybridized carbons (Fsp3) is 0.222. The molecule has 0 unspecified atom stereocenters. The number of anilines is 1. The second-order valence-corrected chi connectivity index (χ2v) is 5.45. The van der Waals surface area contributed by atoms with E-state index < -0.39 is 0 Å². The van der Waals surface area contributed by atoms with E-state index in [-0.39, 0.29) is 6.04 Å². The highest BCUT2D eigenvalue weighted by Crippen LogP contribution is 2.24. The Hall–Kier alpha value is -2.82. The summed E-state index contributed by atoms with van der Waals surface area (Å²) in [6.45, 7) is 4.08. The predicted octanol–water partition coefficient (Wildman–Crippen LogP) is 3.44. The van der Waals surface area contributed by atoms with Crippen molar-refractivity contribution in [2.45, 2.75) is 19.9 Å². The van der Waals surface area contributed by atoms with Crippen LogP contribution in [0.3, 0.4) is 0 Å². The van der Waals surface area contributed by atoms with E-state index in [2.05, 4.69) is 31.8 Å². The molecule has 3 aromatic rings. The maximum absolute atomic E-state index is 4.67. The number of hydrogen-bond donors (Lipinski definition) is 0. The SMILES string of the molecule is Cc1cc(N(C)[C@@H](C)c2ccccn2)nc(-c2ccccn2)n1. The van der Waals surface area contributed by atoms with Gasteiger partial charge in [-0.25, -0.2) is 9.97 Å². The lowest BCUT2D eigenvalue weighted by molar-refractivity contribution is 0.703. The van der Waals surface area contributed by atoms with Crippen molar-refractivity contribution in [3.63, 3.8) is 0 Å². The average molecular weight is 305 g/mol. The molecule has 0 aromatic carbocycles. The summed E-state index contributed by atoms with van der Waals surface area (Å²) < 4.78 is 0. The molecule has 23 heavy (non-hydrogen) atoms. The van der Waals surface area contributed by atoms with Crippen molar-refractivity contribution >= 4 is 5.82 Å². The van der Waals surface area contributed by atoms with Crippen LogP contribution in [0.1, 0.15) is 24.4 Å². The standard InChI is InChI=1S/C18H19N5/c1-13-12-17(22-18(21-13)16-9-5-7-11-20-16)23(3)14(2)15-8-4-6-10-19-15/h4-12,14H,1-3H3/t14-/m0/s1. The molecule has 0 fully saturated rings. The van der Waals surface area contributed by atoms with Crippen LogP contribution in [0.5, 0.6) is 0 Å². The van der Waals surface area contributed by atoms with E-state index in [1.165, 1.54) is 0 Å². The van der Waals surface area contributed by atoms with Crippen molar-refractivity contribution in [1.29, 1.82) is 0 Å². The van der Waals surface area contributed by atoms with Crippen LogP contribution in [0.15, 0.2) is 54.9 Å². The lowest BCUT2D eigenvalue weighted by Gasteiger charge is -2.26. The summed E-state index contributed by atoms with van der Waals surface area (Å²) in [4.78, 5) is 20.0. The minimum atomic E-state index is 0.113. The van der Waals surface area contributed by atoms with Gasteiger partial charge in [-0.15, -0.1) is 0 Å². The molecule has 116 valence electrons. The maximum atomic E-state index is 4.67. The fourth-order valence-corrected chi connectivity index (χ4v) is 2.36. The van der Waals surface area contributed by atoms with Crippen molar-refractivity contribution in [3.8, 4) is 11.5 Å². The summed E-state index contributed by atoms with van der Waals surface area (Å²) in [5.74, 6) is 1.50. The third kappa shape index (κ3) is 3.34. The fourth-order valence-electron chi connectivity index (χ4n) is 2.36. The number of nitrogens with zero attached hydrogens (tertiary/aromatic N) is 5. The van der Waals surface area contributed by atoms with Gasteiger partial charge in [0.2, 0.25) is 0 Å². The molecule has 3 heterocycles. The smallest absolute Gasteiger partial charge is 0.180 e. The highest BCUT2D eigenvalue weighted by Gasteiger charge is 2.16. The lowest BCUT2D eigenvalue weighted by atomic mass is 10.2. The molecule has 0 aliphatic heterocycles. The molecule has 0 spiro atoms. The van der Waals surface area contributed by atoms with Gasteiger partial charge in [0.25, 0.3) is 0 Å². The third-order valence-electron chi connectivity index (χ3n) is 3.79. The molecule has 0 amide bonds. The van der Waals surface area contributed by atoms with Gasteiger partial charge in [0, 0.05) is 31.2 Å². The van der Waals surface area contributed by atoms with E-state index in [1.807, 2.05) is 62.6 Å². The molecule has 3 rings (SSSR count). The number of pyridine rings is 2. The first-order chi connectivity index (χ1) is 11.1. The summed E-state index contributed by atoms with van der Waals surface area (Å²) >= 11 is 0. The average Bonchev–Trinajstić information content (AvgIpc) is 2.61. The van der Waals surface area contributed by atoms with Crippen LogP contribution in [-0.2, 0) is 0 Å². The van der Waals surface area contributed by atoms with Crippen molar-refractivity contribution < 1.29 is 0 Å². The molecule has 0 aliphatic carbocycles. The van der Waals surface area contributed by atoms with Crippen molar-refractivity contribution in [2.75, 3.05) is 11.9 Å². The Bertz CT molecular complexity index is 774. The molecule has 1 atom stereocenters. The van der Waals surface area contributed by atoms with Crippen LogP contribution in [-0.4, -0.2) is 27.0 Å². The Morgan fingerprint density at radius 2 is 1.70 bits per heavy atom. The van der Waals surface area contributed by atoms with E-state index in [1.54, 1.807) is 6.20 Å². The highest BCUT2D eigenvalue weighted by molar-refractivity contribution is 5.53. The van der Waals surface area contributed by atoms with Gasteiger partial charge < -0.3 is 4.90 Å². The van der Waals surface area contributed by atoms with Gasteiger partial charge in [-0.05, 0) is 38.1 Å². The van der Waals surface area contributed by atoms with Gasteiger partial charge in [-0.1, -0.05) is 12.1 Å². The zero-order chi connectivity index (χ0) is 16.2. The summed E-state index contributed by atoms with van der Waals surface area (Å²) in [5.41, 5.74) is 2.69. The summed E-state index contributed by atoms with van der Waals surface area (Å²) in [6.07, 6.45) is 3.56. The van der Waals surface area contributed by atoms with E-state index in [4.69, 9.17) is 0 Å². The van der Waals surface area contributed by atoms with Crippen LogP contribution in [0, 0.1) is 6.92 Å². The molecular weight excluding hydrogens is 286 g/mol. The monoisotopic (exact) mass is 305 g/mol. The van der Waals surface area contributed by atoms with Gasteiger partial charge in [-0.2, -0.15) is 0 Å². The molecule has 0 saturated carbocycles. The maximum Gasteiger partial charge on any atom is 0.180 e. The van der Waals surface area contributed by atoms with E-state index in [0.717, 1.165) is 22.9 Å². The number of aromatic nitrogens is 4. The van der Waals surface area contributed by atoms with Crippen LogP contribution < -0.4 is 4.90 Å². The minimum Gasteiger partial charge on any atom is -0.351 e. The topological polar surface area (TPSA) is 54.8 Å². The van der Waals surface area contributed by atoms with Gasteiger partial charge in [-0.3, -0.25) is 9.97 Å². The van der Waals surface area contributed by atoms with Crippen LogP contribution in [0.2, 0.25) is 0 Å². The Kier molecular flexibility index (Phi) is 4.28. The molecule has 0 radical (unpaired) electrons. The number of hydrogen-bond acceptors (Lipinski definition) is 5. The Balaban J connectivity index is 1.95. The first-order valence-electron chi connectivity index (χ1n) is 7.56. The van der Waals surface area contributed by atoms with Gasteiger partial charge in [0.05, 0.1) is 11.7 Å². The Morgan fingerprint density at radius 1 is 0.957 bits per heavy atom. The first-order valence-corrected chi connectivity index (χ1v) is 7.56. The third-order valence-corrected chi connectivity index (χ3v) is 3.79. The summed E-state index contributed by atoms with van der Waals surface area (Å²) in [7, 11) is 2.02. The molecule has 0 bridgehead atoms. The van der Waals surface area contributed by atoms with Crippen molar-refractivity contribution in [3.05, 3.63) is 66.2 Å². The van der Waals surface area contributed by atoms with Gasteiger partial charge >= 0.3 is 0 Å². The van der Waals surface area contributed by atoms with E-state index >= 15 is 0 Å². The molecule has 0 aliphatic rings. The van der Waals surface area contributed by atoms with Crippen molar-refractivity contribution in [1.82, 2.24) is 19.9 Å². The first kappa shape index (κ1) is 15.1. The second-order valence-electron chi connectivity index (χ2n) is 5.45. The zero-order valence-electron chi connectivity index (χ0n) is 13.5. The lowest BCUT2D eigenvalue weighted by Crippen LogP contribution is -2.24. The largest absolute Gasteiger partial charge is 0.351 e. The molecule has 0 saturated heterocycles. The summed E-state index contributed by atoms with van der Waals surface area (Å²) in [6, 6.07) is 13.8. The number of rotatable bonds is 4. The second kappa shape index (κ2) is 6.52. The summed E-state index contributed by atoms with van der Waals surface area (Å²) in [5, 5.41) is 0. The molecule has 5 nitrogen and oxygen atoms in total. The van der Waals surface area contributed by atoms with Crippen molar-refractivity contribution in [2.24, 2.45) is 0 Å². The molecule has 5 heteroatoms. The van der Waals surface area contributed by atoms with Crippen LogP contribution in [0.25, 0.3) is 11.5 Å². The normalized spacial score (nSPS) is 12.0. The Labute approximate surface area is 136 Å². The zero-order valence-corrected chi connectivity index (χ0v) is 13.5. The quantitative estimate of drug-likeness (QED) is 0.739. The minimum absolute atomic E-state index is 0.113. The Morgan fingerprint density at radius 3 is 2.35 bits per heavy atom. The van der Waals surface area contributed by atoms with Crippen LogP contribution >= 0.6 is 0 Å². The molecule has 0 N–H and O–H groups in total. The molecule has 3 aromatic heterocycles. The predicted molar refractivity (Wildman–Crippen MR) is 91.1 cm³/mol. The highest BCUT2D eigenvalue weighted by atomic mass is 15.2. The van der Waals surface area contributed by atoms with E-state index in [0.29, 0.717) is 5.82 Å². The molecular formula is C18H19N5. The van der Waals surface area contributed by atoms with E-state index in [9.17, 15) is 0 Å². The van der Waals surface area contributed by atoms with Gasteiger partial charge in [0.1, 0.15) is 11.5 Å². The van der Waals surface area contributed by atoms with Gasteiger partial charge in [0.15, 0.2) is 5.82 Å². The number of aryl methyl sites for hydroxylation is 1.